The Labute approximate surface area is 97.9 Å². The Morgan fingerprint density at radius 1 is 1.38 bits per heavy atom. The third kappa shape index (κ3) is 3.15. The summed E-state index contributed by atoms with van der Waals surface area (Å²) < 4.78 is 5.12. The van der Waals surface area contributed by atoms with E-state index in [2.05, 4.69) is 16.2 Å². The molecule has 2 rings (SSSR count). The fraction of sp³-hybridized carbons (Fsp3) is 0.455. The number of aliphatic hydroxyl groups is 1. The predicted octanol–water partition coefficient (Wildman–Crippen LogP) is 2.04. The van der Waals surface area contributed by atoms with E-state index in [1.807, 2.05) is 11.4 Å². The molecule has 2 aromatic rings. The molecule has 5 heteroatoms. The lowest BCUT2D eigenvalue weighted by molar-refractivity contribution is 0.280. The van der Waals surface area contributed by atoms with Gasteiger partial charge < -0.3 is 9.63 Å². The number of nitrogens with zero attached hydrogens (tertiary/aromatic N) is 2. The lowest BCUT2D eigenvalue weighted by Crippen LogP contribution is -1.91. The molecule has 0 aliphatic heterocycles. The first-order valence-electron chi connectivity index (χ1n) is 5.33. The van der Waals surface area contributed by atoms with Crippen LogP contribution < -0.4 is 0 Å². The van der Waals surface area contributed by atoms with Crippen LogP contribution in [-0.2, 0) is 12.8 Å². The van der Waals surface area contributed by atoms with Crippen molar-refractivity contribution in [3.8, 4) is 0 Å². The molecule has 86 valence electrons. The quantitative estimate of drug-likeness (QED) is 0.782. The number of aryl methyl sites for hydroxylation is 1. The molecule has 0 saturated carbocycles. The van der Waals surface area contributed by atoms with Crippen molar-refractivity contribution in [1.82, 2.24) is 10.1 Å². The van der Waals surface area contributed by atoms with Crippen LogP contribution in [0.1, 0.15) is 29.4 Å². The van der Waals surface area contributed by atoms with E-state index in [0.717, 1.165) is 31.5 Å². The molecule has 0 atom stereocenters. The fourth-order valence-electron chi connectivity index (χ4n) is 1.42. The average molecular weight is 238 g/mol. The Hall–Kier alpha value is -1.20. The van der Waals surface area contributed by atoms with E-state index in [0.29, 0.717) is 5.89 Å². The van der Waals surface area contributed by atoms with Crippen molar-refractivity contribution in [3.63, 3.8) is 0 Å². The standard InChI is InChI=1S/C11H14N2O2S/c14-6-2-1-5-11-12-10(13-15-11)8-9-4-3-7-16-9/h3-4,7,14H,1-2,5-6,8H2. The first kappa shape index (κ1) is 11.3. The van der Waals surface area contributed by atoms with E-state index in [9.17, 15) is 0 Å². The highest BCUT2D eigenvalue weighted by molar-refractivity contribution is 7.09. The zero-order valence-corrected chi connectivity index (χ0v) is 9.74. The zero-order valence-electron chi connectivity index (χ0n) is 8.93. The van der Waals surface area contributed by atoms with Gasteiger partial charge in [-0.1, -0.05) is 11.2 Å². The summed E-state index contributed by atoms with van der Waals surface area (Å²) >= 11 is 1.69. The third-order valence-corrected chi connectivity index (χ3v) is 3.10. The van der Waals surface area contributed by atoms with Gasteiger partial charge in [-0.15, -0.1) is 11.3 Å². The second-order valence-electron chi connectivity index (χ2n) is 3.54. The molecule has 0 saturated heterocycles. The lowest BCUT2D eigenvalue weighted by Gasteiger charge is -1.91. The van der Waals surface area contributed by atoms with E-state index in [4.69, 9.17) is 9.63 Å². The Morgan fingerprint density at radius 2 is 2.31 bits per heavy atom. The molecule has 0 spiro atoms. The molecular formula is C11H14N2O2S. The first-order chi connectivity index (χ1) is 7.88. The maximum Gasteiger partial charge on any atom is 0.226 e. The van der Waals surface area contributed by atoms with Gasteiger partial charge in [0.2, 0.25) is 5.89 Å². The van der Waals surface area contributed by atoms with Gasteiger partial charge in [-0.3, -0.25) is 0 Å². The highest BCUT2D eigenvalue weighted by Gasteiger charge is 2.07. The van der Waals surface area contributed by atoms with E-state index in [-0.39, 0.29) is 6.61 Å². The summed E-state index contributed by atoms with van der Waals surface area (Å²) in [6, 6.07) is 4.08. The summed E-state index contributed by atoms with van der Waals surface area (Å²) in [5.41, 5.74) is 0. The van der Waals surface area contributed by atoms with Crippen molar-refractivity contribution >= 4 is 11.3 Å². The summed E-state index contributed by atoms with van der Waals surface area (Å²) in [6.07, 6.45) is 3.15. The van der Waals surface area contributed by atoms with Crippen molar-refractivity contribution in [2.24, 2.45) is 0 Å². The summed E-state index contributed by atoms with van der Waals surface area (Å²) in [6.45, 7) is 0.218. The molecule has 0 bridgehead atoms. The highest BCUT2D eigenvalue weighted by Crippen LogP contribution is 2.13. The molecule has 0 radical (unpaired) electrons. The average Bonchev–Trinajstić information content (AvgIpc) is 2.91. The van der Waals surface area contributed by atoms with Gasteiger partial charge >= 0.3 is 0 Å². The molecule has 2 aromatic heterocycles. The topological polar surface area (TPSA) is 59.2 Å². The van der Waals surface area contributed by atoms with Crippen LogP contribution >= 0.6 is 11.3 Å². The monoisotopic (exact) mass is 238 g/mol. The number of hydrogen-bond donors (Lipinski definition) is 1. The Balaban J connectivity index is 1.87. The molecule has 16 heavy (non-hydrogen) atoms. The molecule has 0 fully saturated rings. The molecule has 0 aliphatic rings. The van der Waals surface area contributed by atoms with Crippen molar-refractivity contribution in [3.05, 3.63) is 34.1 Å². The van der Waals surface area contributed by atoms with Crippen molar-refractivity contribution < 1.29 is 9.63 Å². The molecule has 2 heterocycles. The van der Waals surface area contributed by atoms with Gasteiger partial charge in [-0.25, -0.2) is 0 Å². The second-order valence-corrected chi connectivity index (χ2v) is 4.57. The number of aromatic nitrogens is 2. The van der Waals surface area contributed by atoms with Gasteiger partial charge in [0.25, 0.3) is 0 Å². The van der Waals surface area contributed by atoms with E-state index < -0.39 is 0 Å². The van der Waals surface area contributed by atoms with Crippen LogP contribution in [0, 0.1) is 0 Å². The lowest BCUT2D eigenvalue weighted by atomic mass is 10.2. The third-order valence-electron chi connectivity index (χ3n) is 2.22. The van der Waals surface area contributed by atoms with Gasteiger partial charge in [-0.2, -0.15) is 4.98 Å². The Morgan fingerprint density at radius 3 is 3.06 bits per heavy atom. The predicted molar refractivity (Wildman–Crippen MR) is 61.4 cm³/mol. The van der Waals surface area contributed by atoms with Crippen LogP contribution in [-0.4, -0.2) is 21.9 Å². The number of aliphatic hydroxyl groups excluding tert-OH is 1. The van der Waals surface area contributed by atoms with E-state index in [1.165, 1.54) is 4.88 Å². The number of thiophene rings is 1. The van der Waals surface area contributed by atoms with Gasteiger partial charge in [0.15, 0.2) is 5.82 Å². The molecule has 0 amide bonds. The normalized spacial score (nSPS) is 10.8. The maximum atomic E-state index is 8.66. The Bertz CT molecular complexity index is 411. The first-order valence-corrected chi connectivity index (χ1v) is 6.21. The summed E-state index contributed by atoms with van der Waals surface area (Å²) in [5.74, 6) is 1.40. The van der Waals surface area contributed by atoms with Crippen LogP contribution in [0.5, 0.6) is 0 Å². The van der Waals surface area contributed by atoms with Crippen LogP contribution in [0.4, 0.5) is 0 Å². The van der Waals surface area contributed by atoms with E-state index >= 15 is 0 Å². The SMILES string of the molecule is OCCCCc1nc(Cc2cccs2)no1. The minimum Gasteiger partial charge on any atom is -0.396 e. The minimum atomic E-state index is 0.218. The van der Waals surface area contributed by atoms with Gasteiger partial charge in [0, 0.05) is 24.3 Å². The van der Waals surface area contributed by atoms with Crippen LogP contribution in [0.3, 0.4) is 0 Å². The number of unbranched alkanes of at least 4 members (excludes halogenated alkanes) is 1. The summed E-state index contributed by atoms with van der Waals surface area (Å²) in [7, 11) is 0. The van der Waals surface area contributed by atoms with E-state index in [1.54, 1.807) is 11.3 Å². The van der Waals surface area contributed by atoms with Gasteiger partial charge in [0.1, 0.15) is 0 Å². The second kappa shape index (κ2) is 5.77. The van der Waals surface area contributed by atoms with Crippen LogP contribution in [0.15, 0.2) is 22.0 Å². The molecule has 4 nitrogen and oxygen atoms in total. The molecular weight excluding hydrogens is 224 g/mol. The fourth-order valence-corrected chi connectivity index (χ4v) is 2.12. The molecule has 1 N–H and O–H groups in total. The van der Waals surface area contributed by atoms with Gasteiger partial charge in [-0.05, 0) is 24.3 Å². The smallest absolute Gasteiger partial charge is 0.226 e. The number of rotatable bonds is 6. The maximum absolute atomic E-state index is 8.66. The van der Waals surface area contributed by atoms with Gasteiger partial charge in [0.05, 0.1) is 0 Å². The van der Waals surface area contributed by atoms with Crippen molar-refractivity contribution in [2.75, 3.05) is 6.61 Å². The number of hydrogen-bond acceptors (Lipinski definition) is 5. The van der Waals surface area contributed by atoms with Crippen molar-refractivity contribution in [1.29, 1.82) is 0 Å². The highest BCUT2D eigenvalue weighted by atomic mass is 32.1. The van der Waals surface area contributed by atoms with Crippen molar-refractivity contribution in [2.45, 2.75) is 25.7 Å². The molecule has 0 unspecified atom stereocenters. The van der Waals surface area contributed by atoms with Crippen LogP contribution in [0.25, 0.3) is 0 Å². The largest absolute Gasteiger partial charge is 0.396 e. The Kier molecular flexibility index (Phi) is 4.07. The molecule has 0 aliphatic carbocycles. The summed E-state index contributed by atoms with van der Waals surface area (Å²) in [4.78, 5) is 5.54. The van der Waals surface area contributed by atoms with Crippen LogP contribution in [0.2, 0.25) is 0 Å². The minimum absolute atomic E-state index is 0.218. The summed E-state index contributed by atoms with van der Waals surface area (Å²) in [5, 5.41) is 14.6. The molecule has 0 aromatic carbocycles. The zero-order chi connectivity index (χ0) is 11.2.